The van der Waals surface area contributed by atoms with Crippen LogP contribution in [0.2, 0.25) is 0 Å². The number of aromatic amines is 1. The molecular weight excluding hydrogens is 322 g/mol. The van der Waals surface area contributed by atoms with Crippen molar-refractivity contribution in [3.05, 3.63) is 73.5 Å². The Morgan fingerprint density at radius 1 is 1.10 bits per heavy atom. The van der Waals surface area contributed by atoms with Gasteiger partial charge in [0.15, 0.2) is 4.60 Å². The first-order valence-corrected chi connectivity index (χ1v) is 6.77. The van der Waals surface area contributed by atoms with Crippen molar-refractivity contribution in [2.45, 2.75) is 6.54 Å². The van der Waals surface area contributed by atoms with Crippen LogP contribution in [-0.2, 0) is 6.54 Å². The number of rotatable bonds is 2. The van der Waals surface area contributed by atoms with Gasteiger partial charge in [0.1, 0.15) is 0 Å². The molecule has 0 aliphatic heterocycles. The van der Waals surface area contributed by atoms with Crippen molar-refractivity contribution in [3.63, 3.8) is 0 Å². The molecule has 0 unspecified atom stereocenters. The summed E-state index contributed by atoms with van der Waals surface area (Å²) in [5, 5.41) is 6.16. The fraction of sp³-hybridized carbons (Fsp3) is 0.0714. The molecule has 2 aromatic carbocycles. The smallest absolute Gasteiger partial charge is 0.270 e. The van der Waals surface area contributed by atoms with Gasteiger partial charge in [-0.2, -0.15) is 5.10 Å². The molecule has 0 saturated carbocycles. The van der Waals surface area contributed by atoms with Crippen LogP contribution < -0.4 is 11.2 Å². The van der Waals surface area contributed by atoms with Gasteiger partial charge < -0.3 is 0 Å². The maximum absolute atomic E-state index is 11.7. The van der Waals surface area contributed by atoms with Crippen LogP contribution in [0.4, 0.5) is 0 Å². The molecule has 0 atom stereocenters. The van der Waals surface area contributed by atoms with Crippen molar-refractivity contribution in [1.82, 2.24) is 14.8 Å². The van der Waals surface area contributed by atoms with E-state index >= 15 is 0 Å². The molecule has 100 valence electrons. The average molecular weight is 332 g/mol. The Hall–Kier alpha value is -2.21. The number of nitrogens with zero attached hydrogens (tertiary/aromatic N) is 2. The second kappa shape index (κ2) is 5.05. The molecule has 6 heteroatoms. The highest BCUT2D eigenvalue weighted by molar-refractivity contribution is 9.10. The Labute approximate surface area is 122 Å². The molecule has 20 heavy (non-hydrogen) atoms. The van der Waals surface area contributed by atoms with Crippen LogP contribution in [0, 0.1) is 0 Å². The number of aromatic nitrogens is 3. The Morgan fingerprint density at radius 3 is 2.65 bits per heavy atom. The second-order valence-electron chi connectivity index (χ2n) is 4.39. The molecule has 1 heterocycles. The number of fused-ring (bicyclic) bond motifs is 1. The Balaban J connectivity index is 2.03. The summed E-state index contributed by atoms with van der Waals surface area (Å²) in [6.07, 6.45) is 0. The van der Waals surface area contributed by atoms with E-state index in [1.165, 1.54) is 4.68 Å². The van der Waals surface area contributed by atoms with Crippen LogP contribution in [0.15, 0.2) is 56.7 Å². The molecule has 0 saturated heterocycles. The van der Waals surface area contributed by atoms with Gasteiger partial charge in [0, 0.05) is 0 Å². The third-order valence-electron chi connectivity index (χ3n) is 3.00. The van der Waals surface area contributed by atoms with Gasteiger partial charge >= 0.3 is 5.69 Å². The number of hydrogen-bond donors (Lipinski definition) is 1. The summed E-state index contributed by atoms with van der Waals surface area (Å²) in [5.74, 6) is 0. The van der Waals surface area contributed by atoms with E-state index in [1.807, 2.05) is 42.5 Å². The van der Waals surface area contributed by atoms with Crippen LogP contribution in [-0.4, -0.2) is 14.8 Å². The molecular formula is C14H10BrN3O2. The van der Waals surface area contributed by atoms with E-state index in [2.05, 4.69) is 26.0 Å². The first-order chi connectivity index (χ1) is 9.63. The summed E-state index contributed by atoms with van der Waals surface area (Å²) in [6.45, 7) is 0.305. The van der Waals surface area contributed by atoms with Crippen molar-refractivity contribution in [1.29, 1.82) is 0 Å². The predicted octanol–water partition coefficient (Wildman–Crippen LogP) is 1.90. The molecule has 0 radical (unpaired) electrons. The summed E-state index contributed by atoms with van der Waals surface area (Å²) in [5.41, 5.74) is -0.103. The monoisotopic (exact) mass is 331 g/mol. The van der Waals surface area contributed by atoms with Gasteiger partial charge in [-0.1, -0.05) is 36.4 Å². The van der Waals surface area contributed by atoms with Gasteiger partial charge in [0.2, 0.25) is 0 Å². The molecule has 0 aliphatic carbocycles. The first-order valence-electron chi connectivity index (χ1n) is 5.98. The molecule has 0 bridgehead atoms. The SMILES string of the molecule is O=c1[nH]c(=O)n(Cc2ccc3ccccc3c2)nc1Br. The molecule has 3 aromatic rings. The topological polar surface area (TPSA) is 67.8 Å². The summed E-state index contributed by atoms with van der Waals surface area (Å²) in [7, 11) is 0. The van der Waals surface area contributed by atoms with Crippen molar-refractivity contribution in [2.75, 3.05) is 0 Å². The lowest BCUT2D eigenvalue weighted by molar-refractivity contribution is 0.599. The Morgan fingerprint density at radius 2 is 1.85 bits per heavy atom. The molecule has 0 spiro atoms. The highest BCUT2D eigenvalue weighted by Gasteiger charge is 2.05. The van der Waals surface area contributed by atoms with Crippen LogP contribution in [0.5, 0.6) is 0 Å². The van der Waals surface area contributed by atoms with E-state index in [1.54, 1.807) is 0 Å². The van der Waals surface area contributed by atoms with E-state index in [-0.39, 0.29) is 4.60 Å². The standard InChI is InChI=1S/C14H10BrN3O2/c15-12-13(19)16-14(20)18(17-12)8-9-5-6-10-3-1-2-4-11(10)7-9/h1-7H,8H2,(H,16,19,20). The third-order valence-corrected chi connectivity index (χ3v) is 3.52. The van der Waals surface area contributed by atoms with Crippen LogP contribution in [0.1, 0.15) is 5.56 Å². The minimum Gasteiger partial charge on any atom is -0.270 e. The van der Waals surface area contributed by atoms with E-state index in [0.29, 0.717) is 6.54 Å². The van der Waals surface area contributed by atoms with Gasteiger partial charge in [-0.15, -0.1) is 0 Å². The molecule has 5 nitrogen and oxygen atoms in total. The Kier molecular flexibility index (Phi) is 3.23. The second-order valence-corrected chi connectivity index (χ2v) is 5.14. The fourth-order valence-corrected chi connectivity index (χ4v) is 2.32. The van der Waals surface area contributed by atoms with Crippen molar-refractivity contribution in [2.24, 2.45) is 0 Å². The maximum Gasteiger partial charge on any atom is 0.345 e. The Bertz CT molecular complexity index is 899. The summed E-state index contributed by atoms with van der Waals surface area (Å²) < 4.78 is 1.31. The molecule has 1 N–H and O–H groups in total. The number of H-pyrrole nitrogens is 1. The number of hydrogen-bond acceptors (Lipinski definition) is 3. The van der Waals surface area contributed by atoms with E-state index < -0.39 is 11.2 Å². The zero-order chi connectivity index (χ0) is 14.1. The quantitative estimate of drug-likeness (QED) is 0.779. The predicted molar refractivity (Wildman–Crippen MR) is 79.9 cm³/mol. The minimum atomic E-state index is -0.523. The molecule has 0 amide bonds. The molecule has 1 aromatic heterocycles. The molecule has 0 aliphatic rings. The highest BCUT2D eigenvalue weighted by Crippen LogP contribution is 2.15. The van der Waals surface area contributed by atoms with Crippen molar-refractivity contribution in [3.8, 4) is 0 Å². The number of halogens is 1. The highest BCUT2D eigenvalue weighted by atomic mass is 79.9. The van der Waals surface area contributed by atoms with Crippen LogP contribution in [0.25, 0.3) is 10.8 Å². The summed E-state index contributed by atoms with van der Waals surface area (Å²) in [4.78, 5) is 25.1. The zero-order valence-corrected chi connectivity index (χ0v) is 11.9. The fourth-order valence-electron chi connectivity index (χ4n) is 2.03. The van der Waals surface area contributed by atoms with Crippen molar-refractivity contribution >= 4 is 26.7 Å². The lowest BCUT2D eigenvalue weighted by atomic mass is 10.1. The minimum absolute atomic E-state index is 0.0953. The van der Waals surface area contributed by atoms with E-state index in [9.17, 15) is 9.59 Å². The lowest BCUT2D eigenvalue weighted by Gasteiger charge is -2.05. The third kappa shape index (κ3) is 2.42. The lowest BCUT2D eigenvalue weighted by Crippen LogP contribution is -2.33. The van der Waals surface area contributed by atoms with Gasteiger partial charge in [-0.25, -0.2) is 9.48 Å². The molecule has 0 fully saturated rings. The van der Waals surface area contributed by atoms with Gasteiger partial charge in [-0.3, -0.25) is 9.78 Å². The van der Waals surface area contributed by atoms with Gasteiger partial charge in [0.05, 0.1) is 6.54 Å². The van der Waals surface area contributed by atoms with Crippen LogP contribution in [0.3, 0.4) is 0 Å². The maximum atomic E-state index is 11.7. The van der Waals surface area contributed by atoms with E-state index in [0.717, 1.165) is 16.3 Å². The van der Waals surface area contributed by atoms with E-state index in [4.69, 9.17) is 0 Å². The zero-order valence-electron chi connectivity index (χ0n) is 10.3. The summed E-state index contributed by atoms with van der Waals surface area (Å²) >= 11 is 3.02. The number of benzene rings is 2. The number of nitrogens with one attached hydrogen (secondary N) is 1. The van der Waals surface area contributed by atoms with Crippen molar-refractivity contribution < 1.29 is 0 Å². The van der Waals surface area contributed by atoms with Gasteiger partial charge in [-0.05, 0) is 38.3 Å². The normalized spacial score (nSPS) is 10.8. The molecule has 3 rings (SSSR count). The summed E-state index contributed by atoms with van der Waals surface area (Å²) in [6, 6.07) is 13.9. The average Bonchev–Trinajstić information content (AvgIpc) is 2.44. The first kappa shape index (κ1) is 12.8. The largest absolute Gasteiger partial charge is 0.345 e. The van der Waals surface area contributed by atoms with Crippen LogP contribution >= 0.6 is 15.9 Å². The van der Waals surface area contributed by atoms with Gasteiger partial charge in [0.25, 0.3) is 5.56 Å².